The van der Waals surface area contributed by atoms with E-state index in [2.05, 4.69) is 6.58 Å². The maximum Gasteiger partial charge on any atom is 0.410 e. The number of amides is 1. The van der Waals surface area contributed by atoms with Crippen molar-refractivity contribution in [2.24, 2.45) is 0 Å². The van der Waals surface area contributed by atoms with Gasteiger partial charge in [0.1, 0.15) is 30.6 Å². The fraction of sp³-hybridized carbons (Fsp3) is 0.250. The normalized spacial score (nSPS) is 19.8. The van der Waals surface area contributed by atoms with Crippen molar-refractivity contribution < 1.29 is 28.5 Å². The molecule has 7 nitrogen and oxygen atoms in total. The van der Waals surface area contributed by atoms with Gasteiger partial charge in [0.25, 0.3) is 0 Å². The van der Waals surface area contributed by atoms with Crippen molar-refractivity contribution >= 4 is 6.09 Å². The molecule has 1 amide bonds. The number of nitrogens with zero attached hydrogens (tertiary/aromatic N) is 1. The lowest BCUT2D eigenvalue weighted by Gasteiger charge is -2.46. The first-order valence-electron chi connectivity index (χ1n) is 14.3. The van der Waals surface area contributed by atoms with Crippen LogP contribution in [0.1, 0.15) is 22.3 Å². The van der Waals surface area contributed by atoms with Crippen LogP contribution in [0.4, 0.5) is 4.79 Å². The lowest BCUT2D eigenvalue weighted by molar-refractivity contribution is -0.236. The van der Waals surface area contributed by atoms with E-state index in [1.54, 1.807) is 12.0 Å². The number of benzene rings is 4. The molecule has 4 aromatic carbocycles. The second-order valence-electron chi connectivity index (χ2n) is 10.3. The van der Waals surface area contributed by atoms with Gasteiger partial charge in [0.15, 0.2) is 0 Å². The maximum atomic E-state index is 13.9. The molecule has 1 heterocycles. The Bertz CT molecular complexity index is 1420. The van der Waals surface area contributed by atoms with Gasteiger partial charge in [-0.1, -0.05) is 128 Å². The van der Waals surface area contributed by atoms with Crippen LogP contribution in [0, 0.1) is 0 Å². The Morgan fingerprint density at radius 3 is 1.67 bits per heavy atom. The van der Waals surface area contributed by atoms with Crippen molar-refractivity contribution in [1.82, 2.24) is 4.90 Å². The molecule has 1 aliphatic rings. The Morgan fingerprint density at radius 1 is 0.698 bits per heavy atom. The van der Waals surface area contributed by atoms with Gasteiger partial charge in [-0.15, -0.1) is 0 Å². The van der Waals surface area contributed by atoms with Gasteiger partial charge in [0.05, 0.1) is 13.2 Å². The van der Waals surface area contributed by atoms with Gasteiger partial charge in [-0.05, 0) is 22.3 Å². The molecule has 7 heteroatoms. The maximum absolute atomic E-state index is 13.9. The van der Waals surface area contributed by atoms with Crippen LogP contribution in [0.15, 0.2) is 134 Å². The van der Waals surface area contributed by atoms with Gasteiger partial charge >= 0.3 is 6.09 Å². The van der Waals surface area contributed by atoms with E-state index in [-0.39, 0.29) is 19.8 Å². The number of rotatable bonds is 12. The Labute approximate surface area is 253 Å². The molecule has 0 bridgehead atoms. The van der Waals surface area contributed by atoms with E-state index in [1.807, 2.05) is 121 Å². The van der Waals surface area contributed by atoms with Crippen LogP contribution in [-0.4, -0.2) is 42.6 Å². The highest BCUT2D eigenvalue weighted by Crippen LogP contribution is 2.34. The summed E-state index contributed by atoms with van der Waals surface area (Å²) in [5.41, 5.74) is 3.77. The monoisotopic (exact) mass is 579 g/mol. The number of carbonyl (C=O) groups is 1. The van der Waals surface area contributed by atoms with Crippen molar-refractivity contribution in [2.75, 3.05) is 7.11 Å². The van der Waals surface area contributed by atoms with Crippen molar-refractivity contribution in [1.29, 1.82) is 0 Å². The van der Waals surface area contributed by atoms with Gasteiger partial charge in [0, 0.05) is 13.7 Å². The SMILES string of the molecule is C=C1O[C@H](OC)[C@H](N(Cc2ccccc2)C(=O)OCc2ccccc2)[C@@H](OCc2ccccc2)[C@@H]1OCc1ccccc1. The molecule has 0 N–H and O–H groups in total. The predicted octanol–water partition coefficient (Wildman–Crippen LogP) is 6.88. The molecule has 1 aliphatic heterocycles. The standard InChI is InChI=1S/C36H37NO6/c1-27-33(40-24-29-17-9-4-10-18-29)34(41-25-30-19-11-5-12-20-30)32(35(39-2)43-27)37(23-28-15-7-3-8-16-28)36(38)42-26-31-21-13-6-14-22-31/h3-22,32-35H,1,23-26H2,2H3/t32-,33-,34-,35+/m1/s1. The number of hydrogen-bond acceptors (Lipinski definition) is 6. The highest BCUT2D eigenvalue weighted by molar-refractivity contribution is 5.68. The average molecular weight is 580 g/mol. The number of carbonyl (C=O) groups excluding carboxylic acids is 1. The van der Waals surface area contributed by atoms with Crippen LogP contribution in [0.5, 0.6) is 0 Å². The molecule has 0 radical (unpaired) electrons. The molecule has 0 unspecified atom stereocenters. The van der Waals surface area contributed by atoms with E-state index in [4.69, 9.17) is 23.7 Å². The van der Waals surface area contributed by atoms with Crippen LogP contribution < -0.4 is 0 Å². The second-order valence-corrected chi connectivity index (χ2v) is 10.3. The summed E-state index contributed by atoms with van der Waals surface area (Å²) >= 11 is 0. The van der Waals surface area contributed by atoms with Crippen molar-refractivity contribution in [3.8, 4) is 0 Å². The molecule has 1 saturated heterocycles. The van der Waals surface area contributed by atoms with Crippen molar-refractivity contribution in [3.63, 3.8) is 0 Å². The Kier molecular flexibility index (Phi) is 10.6. The highest BCUT2D eigenvalue weighted by atomic mass is 16.7. The summed E-state index contributed by atoms with van der Waals surface area (Å²) in [7, 11) is 1.54. The topological polar surface area (TPSA) is 66.5 Å². The lowest BCUT2D eigenvalue weighted by atomic mass is 9.97. The van der Waals surface area contributed by atoms with E-state index < -0.39 is 30.6 Å². The minimum absolute atomic E-state index is 0.117. The third-order valence-corrected chi connectivity index (χ3v) is 7.28. The minimum Gasteiger partial charge on any atom is -0.465 e. The molecule has 43 heavy (non-hydrogen) atoms. The fourth-order valence-corrected chi connectivity index (χ4v) is 5.09. The smallest absolute Gasteiger partial charge is 0.410 e. The molecule has 0 aromatic heterocycles. The Morgan fingerprint density at radius 2 is 1.16 bits per heavy atom. The van der Waals surface area contributed by atoms with E-state index in [0.717, 1.165) is 22.3 Å². The zero-order chi connectivity index (χ0) is 29.9. The molecule has 0 saturated carbocycles. The minimum atomic E-state index is -0.877. The predicted molar refractivity (Wildman–Crippen MR) is 163 cm³/mol. The quantitative estimate of drug-likeness (QED) is 0.182. The summed E-state index contributed by atoms with van der Waals surface area (Å²) in [5, 5.41) is 0. The van der Waals surface area contributed by atoms with E-state index in [1.165, 1.54) is 0 Å². The molecule has 5 rings (SSSR count). The molecule has 0 spiro atoms. The van der Waals surface area contributed by atoms with Crippen molar-refractivity contribution in [3.05, 3.63) is 156 Å². The average Bonchev–Trinajstić information content (AvgIpc) is 3.06. The molecular formula is C36H37NO6. The number of ether oxygens (including phenoxy) is 5. The number of hydrogen-bond donors (Lipinski definition) is 0. The van der Waals surface area contributed by atoms with Crippen LogP contribution >= 0.6 is 0 Å². The van der Waals surface area contributed by atoms with Crippen LogP contribution in [0.3, 0.4) is 0 Å². The largest absolute Gasteiger partial charge is 0.465 e. The third-order valence-electron chi connectivity index (χ3n) is 7.28. The van der Waals surface area contributed by atoms with Gasteiger partial charge < -0.3 is 23.7 Å². The third kappa shape index (κ3) is 8.11. The lowest BCUT2D eigenvalue weighted by Crippen LogP contribution is -2.62. The zero-order valence-corrected chi connectivity index (χ0v) is 24.3. The van der Waals surface area contributed by atoms with Crippen LogP contribution in [0.25, 0.3) is 0 Å². The first-order chi connectivity index (χ1) is 21.1. The Hall–Kier alpha value is -4.43. The van der Waals surface area contributed by atoms with E-state index >= 15 is 0 Å². The zero-order valence-electron chi connectivity index (χ0n) is 24.3. The summed E-state index contributed by atoms with van der Waals surface area (Å²) in [4.78, 5) is 15.6. The number of methoxy groups -OCH3 is 1. The summed E-state index contributed by atoms with van der Waals surface area (Å²) in [6.07, 6.45) is -2.78. The summed E-state index contributed by atoms with van der Waals surface area (Å²) < 4.78 is 30.9. The first-order valence-corrected chi connectivity index (χ1v) is 14.3. The summed E-state index contributed by atoms with van der Waals surface area (Å²) in [6, 6.07) is 38.3. The molecule has 4 atom stereocenters. The van der Waals surface area contributed by atoms with E-state index in [9.17, 15) is 4.79 Å². The summed E-state index contributed by atoms with van der Waals surface area (Å²) in [5.74, 6) is 0.370. The Balaban J connectivity index is 1.48. The molecule has 1 fully saturated rings. The van der Waals surface area contributed by atoms with Gasteiger partial charge in [-0.3, -0.25) is 4.90 Å². The highest BCUT2D eigenvalue weighted by Gasteiger charge is 2.50. The van der Waals surface area contributed by atoms with Crippen LogP contribution in [-0.2, 0) is 50.0 Å². The van der Waals surface area contributed by atoms with Crippen molar-refractivity contribution in [2.45, 2.75) is 50.9 Å². The van der Waals surface area contributed by atoms with Crippen LogP contribution in [0.2, 0.25) is 0 Å². The fourth-order valence-electron chi connectivity index (χ4n) is 5.09. The molecular weight excluding hydrogens is 542 g/mol. The molecule has 0 aliphatic carbocycles. The van der Waals surface area contributed by atoms with E-state index in [0.29, 0.717) is 12.4 Å². The van der Waals surface area contributed by atoms with Gasteiger partial charge in [-0.2, -0.15) is 0 Å². The first kappa shape index (κ1) is 30.0. The van der Waals surface area contributed by atoms with Gasteiger partial charge in [0.2, 0.25) is 6.29 Å². The van der Waals surface area contributed by atoms with Gasteiger partial charge in [-0.25, -0.2) is 4.79 Å². The summed E-state index contributed by atoms with van der Waals surface area (Å²) in [6.45, 7) is 5.12. The second kappa shape index (κ2) is 15.2. The molecule has 222 valence electrons. The molecule has 4 aromatic rings.